The van der Waals surface area contributed by atoms with Gasteiger partial charge >= 0.3 is 10.3 Å². The minimum Gasteiger partial charge on any atom is -0.460 e. The van der Waals surface area contributed by atoms with E-state index in [-0.39, 0.29) is 29.9 Å². The smallest absolute Gasteiger partial charge is 0.333 e. The Kier molecular flexibility index (Phi) is 7.25. The van der Waals surface area contributed by atoms with Gasteiger partial charge in [0.1, 0.15) is 17.7 Å². The molecule has 1 saturated carbocycles. The monoisotopic (exact) mass is 520 g/mol. The van der Waals surface area contributed by atoms with Crippen LogP contribution in [0.2, 0.25) is 5.02 Å². The summed E-state index contributed by atoms with van der Waals surface area (Å²) in [5.41, 5.74) is -0.278. The molecule has 1 aromatic carbocycles. The summed E-state index contributed by atoms with van der Waals surface area (Å²) in [4.78, 5) is 21.4. The molecule has 0 radical (unpaired) electrons. The largest absolute Gasteiger partial charge is 0.460 e. The Bertz CT molecular complexity index is 1330. The van der Waals surface area contributed by atoms with Crippen molar-refractivity contribution in [2.24, 2.45) is 11.1 Å². The molecule has 0 bridgehead atoms. The molecule has 1 aliphatic rings. The number of nitrogens with two attached hydrogens (primary N) is 1. The van der Waals surface area contributed by atoms with Crippen LogP contribution in [0.3, 0.4) is 0 Å². The number of nitrogens with one attached hydrogen (secondary N) is 1. The summed E-state index contributed by atoms with van der Waals surface area (Å²) < 4.78 is 32.3. The molecule has 2 heterocycles. The number of nitrogens with zero attached hydrogens (tertiary/aromatic N) is 2. The van der Waals surface area contributed by atoms with Gasteiger partial charge in [0, 0.05) is 22.8 Å². The normalized spacial score (nSPS) is 19.9. The highest BCUT2D eigenvalue weighted by molar-refractivity contribution is 7.84. The van der Waals surface area contributed by atoms with E-state index in [2.05, 4.69) is 15.3 Å². The maximum Gasteiger partial charge on any atom is 0.333 e. The lowest BCUT2D eigenvalue weighted by atomic mass is 9.90. The molecule has 12 heteroatoms. The van der Waals surface area contributed by atoms with Crippen LogP contribution in [0.5, 0.6) is 0 Å². The number of ketones is 1. The van der Waals surface area contributed by atoms with Crippen LogP contribution in [0, 0.1) is 5.92 Å². The van der Waals surface area contributed by atoms with Gasteiger partial charge in [0.2, 0.25) is 5.78 Å². The van der Waals surface area contributed by atoms with Crippen LogP contribution < -0.4 is 10.5 Å². The summed E-state index contributed by atoms with van der Waals surface area (Å²) in [6, 6.07) is 8.25. The van der Waals surface area contributed by atoms with Crippen LogP contribution in [0.1, 0.15) is 53.4 Å². The van der Waals surface area contributed by atoms with E-state index in [1.165, 1.54) is 24.9 Å². The lowest BCUT2D eigenvalue weighted by molar-refractivity contribution is 0.100. The number of aliphatic hydroxyl groups is 1. The standard InChI is InChI=1S/C23H25ClN4O6S/c1-23(30,15-3-2-4-17(24)8-15)16-9-20(33-12-16)21(29)19-10-26-13-27-22(19)28-18-6-5-14(7-18)11-34-35(25,31)32/h2-4,8-10,12-14,18,30H,5-7,11H2,1H3,(H2,25,31,32)(H,26,27,28)/t14-,18+,23?/m1/s1. The molecule has 35 heavy (non-hydrogen) atoms. The van der Waals surface area contributed by atoms with Crippen molar-refractivity contribution in [1.29, 1.82) is 0 Å². The maximum atomic E-state index is 13.2. The van der Waals surface area contributed by atoms with Gasteiger partial charge in [-0.3, -0.25) is 8.98 Å². The second-order valence-corrected chi connectivity index (χ2v) is 10.4. The Labute approximate surface area is 207 Å². The summed E-state index contributed by atoms with van der Waals surface area (Å²) in [5.74, 6) is -0.0879. The average molecular weight is 521 g/mol. The lowest BCUT2D eigenvalue weighted by Gasteiger charge is -2.22. The SMILES string of the molecule is CC(O)(c1cccc(Cl)c1)c1coc(C(=O)c2cncnc2N[C@H]2CC[C@@H](COS(N)(=O)=O)C2)c1. The van der Waals surface area contributed by atoms with E-state index in [1.807, 2.05) is 0 Å². The van der Waals surface area contributed by atoms with Gasteiger partial charge < -0.3 is 14.8 Å². The van der Waals surface area contributed by atoms with Crippen molar-refractivity contribution in [2.75, 3.05) is 11.9 Å². The minimum atomic E-state index is -3.99. The summed E-state index contributed by atoms with van der Waals surface area (Å²) >= 11 is 6.06. The van der Waals surface area contributed by atoms with E-state index < -0.39 is 21.7 Å². The van der Waals surface area contributed by atoms with E-state index in [4.69, 9.17) is 25.3 Å². The first-order valence-electron chi connectivity index (χ1n) is 10.9. The number of benzene rings is 1. The summed E-state index contributed by atoms with van der Waals surface area (Å²) in [5, 5.41) is 19.7. The Balaban J connectivity index is 1.49. The molecular formula is C23H25ClN4O6S. The van der Waals surface area contributed by atoms with E-state index >= 15 is 0 Å². The number of carbonyl (C=O) groups is 1. The predicted molar refractivity (Wildman–Crippen MR) is 128 cm³/mol. The van der Waals surface area contributed by atoms with Gasteiger partial charge in [-0.05, 0) is 55.9 Å². The number of aromatic nitrogens is 2. The van der Waals surface area contributed by atoms with Crippen LogP contribution in [0.4, 0.5) is 5.82 Å². The van der Waals surface area contributed by atoms with Crippen LogP contribution in [0.15, 0.2) is 53.5 Å². The number of halogens is 1. The first-order valence-corrected chi connectivity index (χ1v) is 12.7. The van der Waals surface area contributed by atoms with E-state index in [9.17, 15) is 18.3 Å². The van der Waals surface area contributed by atoms with Crippen molar-refractivity contribution >= 4 is 33.5 Å². The first kappa shape index (κ1) is 25.3. The zero-order valence-electron chi connectivity index (χ0n) is 18.8. The third kappa shape index (κ3) is 6.06. The molecule has 0 aliphatic heterocycles. The highest BCUT2D eigenvalue weighted by Crippen LogP contribution is 2.33. The van der Waals surface area contributed by atoms with Crippen LogP contribution >= 0.6 is 11.6 Å². The Morgan fingerprint density at radius 1 is 1.34 bits per heavy atom. The summed E-state index contributed by atoms with van der Waals surface area (Å²) in [6.45, 7) is 1.60. The van der Waals surface area contributed by atoms with Crippen LogP contribution in [0.25, 0.3) is 0 Å². The quantitative estimate of drug-likeness (QED) is 0.360. The molecule has 0 saturated heterocycles. The van der Waals surface area contributed by atoms with Gasteiger partial charge in [0.05, 0.1) is 18.4 Å². The number of furan rings is 1. The molecule has 1 aliphatic carbocycles. The molecule has 0 amide bonds. The second-order valence-electron chi connectivity index (χ2n) is 8.69. The average Bonchev–Trinajstić information content (AvgIpc) is 3.48. The fourth-order valence-corrected chi connectivity index (χ4v) is 4.73. The fourth-order valence-electron chi connectivity index (χ4n) is 4.15. The molecule has 1 unspecified atom stereocenters. The minimum absolute atomic E-state index is 0.00756. The van der Waals surface area contributed by atoms with Crippen LogP contribution in [-0.2, 0) is 20.1 Å². The number of anilines is 1. The fraction of sp³-hybridized carbons (Fsp3) is 0.348. The lowest BCUT2D eigenvalue weighted by Crippen LogP contribution is -2.22. The van der Waals surface area contributed by atoms with Crippen molar-refractivity contribution in [1.82, 2.24) is 9.97 Å². The number of carbonyl (C=O) groups excluding carboxylic acids is 1. The van der Waals surface area contributed by atoms with Gasteiger partial charge in [-0.1, -0.05) is 23.7 Å². The zero-order chi connectivity index (χ0) is 25.2. The highest BCUT2D eigenvalue weighted by Gasteiger charge is 2.31. The molecular weight excluding hydrogens is 496 g/mol. The number of hydrogen-bond donors (Lipinski definition) is 3. The van der Waals surface area contributed by atoms with E-state index in [1.54, 1.807) is 31.2 Å². The molecule has 0 spiro atoms. The molecule has 10 nitrogen and oxygen atoms in total. The topological polar surface area (TPSA) is 158 Å². The summed E-state index contributed by atoms with van der Waals surface area (Å²) in [6.07, 6.45) is 6.16. The molecule has 186 valence electrons. The molecule has 4 rings (SSSR count). The zero-order valence-corrected chi connectivity index (χ0v) is 20.4. The highest BCUT2D eigenvalue weighted by atomic mass is 35.5. The Morgan fingerprint density at radius 3 is 2.89 bits per heavy atom. The Morgan fingerprint density at radius 2 is 2.14 bits per heavy atom. The molecule has 2 aromatic heterocycles. The van der Waals surface area contributed by atoms with Crippen molar-refractivity contribution in [3.05, 3.63) is 76.6 Å². The van der Waals surface area contributed by atoms with Gasteiger partial charge in [-0.2, -0.15) is 8.42 Å². The van der Waals surface area contributed by atoms with Gasteiger partial charge in [-0.15, -0.1) is 0 Å². The second kappa shape index (κ2) is 10.0. The van der Waals surface area contributed by atoms with Crippen LogP contribution in [-0.4, -0.2) is 41.9 Å². The predicted octanol–water partition coefficient (Wildman–Crippen LogP) is 3.01. The maximum absolute atomic E-state index is 13.2. The van der Waals surface area contributed by atoms with E-state index in [0.29, 0.717) is 28.4 Å². The van der Waals surface area contributed by atoms with Crippen molar-refractivity contribution < 1.29 is 26.9 Å². The van der Waals surface area contributed by atoms with Crippen molar-refractivity contribution in [3.63, 3.8) is 0 Å². The van der Waals surface area contributed by atoms with E-state index in [0.717, 1.165) is 12.8 Å². The molecule has 3 aromatic rings. The third-order valence-corrected chi connectivity index (χ3v) is 6.78. The first-order chi connectivity index (χ1) is 16.5. The van der Waals surface area contributed by atoms with Gasteiger partial charge in [-0.25, -0.2) is 15.1 Å². The summed E-state index contributed by atoms with van der Waals surface area (Å²) in [7, 11) is -3.99. The van der Waals surface area contributed by atoms with Gasteiger partial charge in [0.15, 0.2) is 5.76 Å². The van der Waals surface area contributed by atoms with Gasteiger partial charge in [0.25, 0.3) is 0 Å². The third-order valence-electron chi connectivity index (χ3n) is 6.08. The molecule has 1 fully saturated rings. The molecule has 4 N–H and O–H groups in total. The Hall–Kier alpha value is -2.83. The number of rotatable bonds is 9. The molecule has 3 atom stereocenters. The number of hydrogen-bond acceptors (Lipinski definition) is 9. The van der Waals surface area contributed by atoms with Crippen molar-refractivity contribution in [2.45, 2.75) is 37.8 Å². The van der Waals surface area contributed by atoms with Crippen molar-refractivity contribution in [3.8, 4) is 0 Å².